The summed E-state index contributed by atoms with van der Waals surface area (Å²) in [5.74, 6) is 0. The Morgan fingerprint density at radius 1 is 1.21 bits per heavy atom. The molecule has 0 aromatic carbocycles. The zero-order valence-corrected chi connectivity index (χ0v) is 8.22. The smallest absolute Gasteiger partial charge is 0.115 e. The fourth-order valence-electron chi connectivity index (χ4n) is 1.98. The van der Waals surface area contributed by atoms with Crippen LogP contribution in [-0.4, -0.2) is 63.1 Å². The Bertz CT molecular complexity index is 186. The highest BCUT2D eigenvalue weighted by Gasteiger charge is 2.48. The second-order valence-corrected chi connectivity index (χ2v) is 3.50. The molecular weight excluding hydrogens is 188 g/mol. The van der Waals surface area contributed by atoms with Gasteiger partial charge in [-0.1, -0.05) is 0 Å². The van der Waals surface area contributed by atoms with Crippen LogP contribution in [0.4, 0.5) is 0 Å². The van der Waals surface area contributed by atoms with Gasteiger partial charge in [0.1, 0.15) is 24.4 Å². The fraction of sp³-hybridized carbons (Fsp3) is 1.00. The molecule has 5 nitrogen and oxygen atoms in total. The fourth-order valence-corrected chi connectivity index (χ4v) is 1.98. The molecule has 82 valence electrons. The van der Waals surface area contributed by atoms with Crippen LogP contribution in [0.3, 0.4) is 0 Å². The van der Waals surface area contributed by atoms with Crippen LogP contribution in [0.5, 0.6) is 0 Å². The number of hydrogen-bond acceptors (Lipinski definition) is 5. The molecule has 4 atom stereocenters. The van der Waals surface area contributed by atoms with Gasteiger partial charge in [-0.25, -0.2) is 0 Å². The van der Waals surface area contributed by atoms with Crippen LogP contribution in [0.2, 0.25) is 0 Å². The summed E-state index contributed by atoms with van der Waals surface area (Å²) in [5, 5.41) is 8.63. The molecule has 0 saturated carbocycles. The molecule has 2 rings (SSSR count). The molecule has 2 heterocycles. The molecule has 0 aromatic rings. The minimum atomic E-state index is -0.0627. The van der Waals surface area contributed by atoms with E-state index in [0.29, 0.717) is 19.8 Å². The lowest BCUT2D eigenvalue weighted by Crippen LogP contribution is -2.34. The standard InChI is InChI=1S/C9H16O5/c1-11-6-4-13-9-7(12-3-2-10)5-14-8(6)9/h6-10H,2-5H2,1H3/t6-,7-,8-,9-/m1/s1. The van der Waals surface area contributed by atoms with E-state index in [1.54, 1.807) is 7.11 Å². The maximum atomic E-state index is 8.63. The van der Waals surface area contributed by atoms with Crippen LogP contribution in [0.15, 0.2) is 0 Å². The highest BCUT2D eigenvalue weighted by molar-refractivity contribution is 4.95. The molecule has 0 spiro atoms. The van der Waals surface area contributed by atoms with Crippen molar-refractivity contribution in [2.24, 2.45) is 0 Å². The van der Waals surface area contributed by atoms with Gasteiger partial charge in [0.05, 0.1) is 26.4 Å². The van der Waals surface area contributed by atoms with Gasteiger partial charge >= 0.3 is 0 Å². The van der Waals surface area contributed by atoms with E-state index in [1.165, 1.54) is 0 Å². The molecule has 0 unspecified atom stereocenters. The molecule has 2 saturated heterocycles. The largest absolute Gasteiger partial charge is 0.394 e. The van der Waals surface area contributed by atoms with Gasteiger partial charge < -0.3 is 24.1 Å². The predicted molar refractivity (Wildman–Crippen MR) is 47.1 cm³/mol. The third kappa shape index (κ3) is 1.78. The van der Waals surface area contributed by atoms with Crippen LogP contribution in [0.1, 0.15) is 0 Å². The summed E-state index contributed by atoms with van der Waals surface area (Å²) < 4.78 is 21.7. The molecule has 5 heteroatoms. The summed E-state index contributed by atoms with van der Waals surface area (Å²) in [6.45, 7) is 1.44. The molecule has 14 heavy (non-hydrogen) atoms. The predicted octanol–water partition coefficient (Wildman–Crippen LogP) is -0.823. The van der Waals surface area contributed by atoms with E-state index in [1.807, 2.05) is 0 Å². The first-order valence-corrected chi connectivity index (χ1v) is 4.85. The maximum absolute atomic E-state index is 8.63. The molecule has 2 aliphatic heterocycles. The van der Waals surface area contributed by atoms with Crippen molar-refractivity contribution in [3.8, 4) is 0 Å². The van der Waals surface area contributed by atoms with E-state index in [2.05, 4.69) is 0 Å². The molecule has 0 radical (unpaired) electrons. The highest BCUT2D eigenvalue weighted by atomic mass is 16.6. The minimum Gasteiger partial charge on any atom is -0.394 e. The number of rotatable bonds is 4. The third-order valence-corrected chi connectivity index (χ3v) is 2.69. The quantitative estimate of drug-likeness (QED) is 0.648. The van der Waals surface area contributed by atoms with Crippen molar-refractivity contribution in [2.45, 2.75) is 24.4 Å². The van der Waals surface area contributed by atoms with Crippen molar-refractivity contribution in [1.29, 1.82) is 0 Å². The SMILES string of the molecule is CO[C@@H]1CO[C@H]2[C@@H]1OC[C@H]2OCCO. The lowest BCUT2D eigenvalue weighted by Gasteiger charge is -2.15. The lowest BCUT2D eigenvalue weighted by atomic mass is 10.1. The Hall–Kier alpha value is -0.200. The van der Waals surface area contributed by atoms with E-state index >= 15 is 0 Å². The van der Waals surface area contributed by atoms with Gasteiger partial charge in [-0.3, -0.25) is 0 Å². The van der Waals surface area contributed by atoms with Gasteiger partial charge in [-0.2, -0.15) is 0 Å². The summed E-state index contributed by atoms with van der Waals surface area (Å²) in [7, 11) is 1.65. The number of ether oxygens (including phenoxy) is 4. The lowest BCUT2D eigenvalue weighted by molar-refractivity contribution is -0.0489. The maximum Gasteiger partial charge on any atom is 0.115 e. The zero-order valence-electron chi connectivity index (χ0n) is 8.22. The van der Waals surface area contributed by atoms with Crippen LogP contribution >= 0.6 is 0 Å². The first-order valence-electron chi connectivity index (χ1n) is 4.85. The topological polar surface area (TPSA) is 57.2 Å². The summed E-state index contributed by atoms with van der Waals surface area (Å²) in [6, 6.07) is 0. The Labute approximate surface area is 82.9 Å². The minimum absolute atomic E-state index is 0.0105. The van der Waals surface area contributed by atoms with E-state index < -0.39 is 0 Å². The van der Waals surface area contributed by atoms with Gasteiger partial charge in [-0.15, -0.1) is 0 Å². The Morgan fingerprint density at radius 3 is 2.50 bits per heavy atom. The Balaban J connectivity index is 1.87. The monoisotopic (exact) mass is 204 g/mol. The van der Waals surface area contributed by atoms with E-state index in [9.17, 15) is 0 Å². The molecule has 0 aromatic heterocycles. The molecule has 0 aliphatic carbocycles. The van der Waals surface area contributed by atoms with Crippen LogP contribution < -0.4 is 0 Å². The molecule has 2 fully saturated rings. The second-order valence-electron chi connectivity index (χ2n) is 3.50. The van der Waals surface area contributed by atoms with Crippen LogP contribution in [0.25, 0.3) is 0 Å². The molecule has 2 aliphatic rings. The van der Waals surface area contributed by atoms with Gasteiger partial charge in [0.25, 0.3) is 0 Å². The van der Waals surface area contributed by atoms with E-state index in [-0.39, 0.29) is 31.0 Å². The third-order valence-electron chi connectivity index (χ3n) is 2.69. The molecule has 0 amide bonds. The number of hydrogen-bond donors (Lipinski definition) is 1. The average Bonchev–Trinajstić information content (AvgIpc) is 2.75. The van der Waals surface area contributed by atoms with Gasteiger partial charge in [0.15, 0.2) is 0 Å². The van der Waals surface area contributed by atoms with Gasteiger partial charge in [-0.05, 0) is 0 Å². The van der Waals surface area contributed by atoms with Crippen LogP contribution in [0, 0.1) is 0 Å². The van der Waals surface area contributed by atoms with Gasteiger partial charge in [0, 0.05) is 7.11 Å². The molecule has 0 bridgehead atoms. The Kier molecular flexibility index (Phi) is 3.35. The van der Waals surface area contributed by atoms with E-state index in [4.69, 9.17) is 24.1 Å². The van der Waals surface area contributed by atoms with Crippen LogP contribution in [-0.2, 0) is 18.9 Å². The summed E-state index contributed by atoms with van der Waals surface area (Å²) >= 11 is 0. The average molecular weight is 204 g/mol. The highest BCUT2D eigenvalue weighted by Crippen LogP contribution is 2.29. The number of aliphatic hydroxyl groups excluding tert-OH is 1. The number of aliphatic hydroxyl groups is 1. The van der Waals surface area contributed by atoms with Gasteiger partial charge in [0.2, 0.25) is 0 Å². The van der Waals surface area contributed by atoms with Crippen molar-refractivity contribution in [3.63, 3.8) is 0 Å². The normalized spacial score (nSPS) is 41.6. The molecular formula is C9H16O5. The van der Waals surface area contributed by atoms with Crippen molar-refractivity contribution in [1.82, 2.24) is 0 Å². The second kappa shape index (κ2) is 4.55. The number of fused-ring (bicyclic) bond motifs is 1. The van der Waals surface area contributed by atoms with Crippen molar-refractivity contribution in [3.05, 3.63) is 0 Å². The first-order chi connectivity index (χ1) is 6.86. The summed E-state index contributed by atoms with van der Waals surface area (Å²) in [6.07, 6.45) is -0.0924. The van der Waals surface area contributed by atoms with Crippen molar-refractivity contribution < 1.29 is 24.1 Å². The Morgan fingerprint density at radius 2 is 1.86 bits per heavy atom. The molecule has 1 N–H and O–H groups in total. The van der Waals surface area contributed by atoms with E-state index in [0.717, 1.165) is 0 Å². The number of methoxy groups -OCH3 is 1. The first kappa shape index (κ1) is 10.3. The summed E-state index contributed by atoms with van der Waals surface area (Å²) in [5.41, 5.74) is 0. The zero-order chi connectivity index (χ0) is 9.97. The van der Waals surface area contributed by atoms with Crippen molar-refractivity contribution in [2.75, 3.05) is 33.5 Å². The summed E-state index contributed by atoms with van der Waals surface area (Å²) in [4.78, 5) is 0. The van der Waals surface area contributed by atoms with Crippen molar-refractivity contribution >= 4 is 0 Å².